The van der Waals surface area contributed by atoms with Gasteiger partial charge in [-0.2, -0.15) is 0 Å². The Labute approximate surface area is 117 Å². The molecule has 2 aliphatic rings. The van der Waals surface area contributed by atoms with E-state index < -0.39 is 0 Å². The van der Waals surface area contributed by atoms with E-state index >= 15 is 0 Å². The molecular formula is C15H18FN3O. The quantitative estimate of drug-likeness (QED) is 0.835. The van der Waals surface area contributed by atoms with Gasteiger partial charge in [-0.1, -0.05) is 6.92 Å². The van der Waals surface area contributed by atoms with Crippen molar-refractivity contribution >= 4 is 17.2 Å². The molecule has 1 aromatic rings. The number of carbonyl (C=O) groups is 1. The number of nitrogens with zero attached hydrogens (tertiary/aromatic N) is 2. The number of amides is 1. The first-order chi connectivity index (χ1) is 9.67. The number of hydrogen-bond donors (Lipinski definition) is 1. The number of fused-ring (bicyclic) bond motifs is 1. The number of anilines is 1. The number of halogens is 1. The molecule has 0 unspecified atom stereocenters. The van der Waals surface area contributed by atoms with Gasteiger partial charge in [0.15, 0.2) is 0 Å². The second kappa shape index (κ2) is 5.25. The van der Waals surface area contributed by atoms with Gasteiger partial charge in [-0.05, 0) is 24.7 Å². The van der Waals surface area contributed by atoms with Crippen LogP contribution in [0.5, 0.6) is 0 Å². The van der Waals surface area contributed by atoms with Crippen LogP contribution in [0, 0.1) is 5.82 Å². The monoisotopic (exact) mass is 275 g/mol. The Morgan fingerprint density at radius 1 is 1.30 bits per heavy atom. The van der Waals surface area contributed by atoms with Gasteiger partial charge in [0.1, 0.15) is 5.82 Å². The zero-order valence-corrected chi connectivity index (χ0v) is 11.5. The Kier molecular flexibility index (Phi) is 3.44. The van der Waals surface area contributed by atoms with E-state index in [2.05, 4.69) is 22.0 Å². The zero-order chi connectivity index (χ0) is 14.1. The van der Waals surface area contributed by atoms with Crippen molar-refractivity contribution in [1.82, 2.24) is 9.80 Å². The van der Waals surface area contributed by atoms with Crippen LogP contribution in [-0.4, -0.2) is 48.4 Å². The number of nitrogens with one attached hydrogen (secondary N) is 1. The molecule has 1 aromatic carbocycles. The van der Waals surface area contributed by atoms with Crippen molar-refractivity contribution in [3.8, 4) is 0 Å². The molecule has 0 spiro atoms. The molecule has 106 valence electrons. The molecule has 1 saturated heterocycles. The second-order valence-electron chi connectivity index (χ2n) is 5.16. The lowest BCUT2D eigenvalue weighted by molar-refractivity contribution is -0.110. The third kappa shape index (κ3) is 2.41. The summed E-state index contributed by atoms with van der Waals surface area (Å²) in [6, 6.07) is 4.39. The molecule has 4 nitrogen and oxygen atoms in total. The Balaban J connectivity index is 1.82. The summed E-state index contributed by atoms with van der Waals surface area (Å²) in [5, 5.41) is 2.77. The molecule has 0 aromatic heterocycles. The predicted molar refractivity (Wildman–Crippen MR) is 76.7 cm³/mol. The SMILES string of the molecule is CCN1CCN(/C=C2/C(=O)Nc3ccc(F)cc32)CC1. The van der Waals surface area contributed by atoms with Crippen LogP contribution in [0.1, 0.15) is 12.5 Å². The van der Waals surface area contributed by atoms with E-state index in [0.29, 0.717) is 16.8 Å². The summed E-state index contributed by atoms with van der Waals surface area (Å²) in [4.78, 5) is 16.5. The Morgan fingerprint density at radius 2 is 2.05 bits per heavy atom. The number of carbonyl (C=O) groups excluding carboxylic acids is 1. The fourth-order valence-corrected chi connectivity index (χ4v) is 2.68. The highest BCUT2D eigenvalue weighted by molar-refractivity contribution is 6.31. The summed E-state index contributed by atoms with van der Waals surface area (Å²) in [5.74, 6) is -0.467. The van der Waals surface area contributed by atoms with Crippen LogP contribution in [-0.2, 0) is 4.79 Å². The molecule has 2 heterocycles. The minimum atomic E-state index is -0.318. The molecule has 2 aliphatic heterocycles. The van der Waals surface area contributed by atoms with Gasteiger partial charge in [0.2, 0.25) is 0 Å². The van der Waals surface area contributed by atoms with Gasteiger partial charge < -0.3 is 15.1 Å². The molecule has 0 saturated carbocycles. The summed E-state index contributed by atoms with van der Waals surface area (Å²) in [5.41, 5.74) is 1.91. The lowest BCUT2D eigenvalue weighted by Crippen LogP contribution is -2.43. The van der Waals surface area contributed by atoms with Gasteiger partial charge in [-0.25, -0.2) is 4.39 Å². The lowest BCUT2D eigenvalue weighted by Gasteiger charge is -2.33. The van der Waals surface area contributed by atoms with E-state index in [4.69, 9.17) is 0 Å². The van der Waals surface area contributed by atoms with Crippen molar-refractivity contribution in [2.24, 2.45) is 0 Å². The number of likely N-dealkylation sites (N-methyl/N-ethyl adjacent to an activating group) is 1. The van der Waals surface area contributed by atoms with Crippen molar-refractivity contribution in [1.29, 1.82) is 0 Å². The predicted octanol–water partition coefficient (Wildman–Crippen LogP) is 1.76. The van der Waals surface area contributed by atoms with E-state index in [0.717, 1.165) is 32.7 Å². The van der Waals surface area contributed by atoms with Crippen molar-refractivity contribution < 1.29 is 9.18 Å². The van der Waals surface area contributed by atoms with E-state index in [1.165, 1.54) is 12.1 Å². The second-order valence-corrected chi connectivity index (χ2v) is 5.16. The molecule has 0 aliphatic carbocycles. The molecule has 1 amide bonds. The fraction of sp³-hybridized carbons (Fsp3) is 0.400. The smallest absolute Gasteiger partial charge is 0.257 e. The van der Waals surface area contributed by atoms with Crippen LogP contribution in [0.4, 0.5) is 10.1 Å². The molecule has 1 fully saturated rings. The maximum Gasteiger partial charge on any atom is 0.257 e. The van der Waals surface area contributed by atoms with Crippen molar-refractivity contribution in [2.45, 2.75) is 6.92 Å². The average molecular weight is 275 g/mol. The van der Waals surface area contributed by atoms with Crippen molar-refractivity contribution in [2.75, 3.05) is 38.0 Å². The number of piperazine rings is 1. The van der Waals surface area contributed by atoms with Gasteiger partial charge in [0.25, 0.3) is 5.91 Å². The summed E-state index contributed by atoms with van der Waals surface area (Å²) in [7, 11) is 0. The fourth-order valence-electron chi connectivity index (χ4n) is 2.68. The summed E-state index contributed by atoms with van der Waals surface area (Å²) < 4.78 is 13.4. The first kappa shape index (κ1) is 13.1. The Hall–Kier alpha value is -1.88. The van der Waals surface area contributed by atoms with Crippen LogP contribution < -0.4 is 5.32 Å². The van der Waals surface area contributed by atoms with Crippen LogP contribution >= 0.6 is 0 Å². The van der Waals surface area contributed by atoms with E-state index in [1.807, 2.05) is 6.20 Å². The van der Waals surface area contributed by atoms with Crippen LogP contribution in [0.15, 0.2) is 24.4 Å². The topological polar surface area (TPSA) is 35.6 Å². The summed E-state index contributed by atoms with van der Waals surface area (Å²) in [6.45, 7) is 7.00. The van der Waals surface area contributed by atoms with E-state index in [9.17, 15) is 9.18 Å². The van der Waals surface area contributed by atoms with Crippen LogP contribution in [0.25, 0.3) is 5.57 Å². The summed E-state index contributed by atoms with van der Waals surface area (Å²) >= 11 is 0. The summed E-state index contributed by atoms with van der Waals surface area (Å²) in [6.07, 6.45) is 1.87. The van der Waals surface area contributed by atoms with Crippen molar-refractivity contribution in [3.05, 3.63) is 35.8 Å². The minimum Gasteiger partial charge on any atom is -0.374 e. The van der Waals surface area contributed by atoms with Gasteiger partial charge in [-0.15, -0.1) is 0 Å². The third-order valence-electron chi connectivity index (χ3n) is 3.93. The zero-order valence-electron chi connectivity index (χ0n) is 11.5. The molecule has 0 atom stereocenters. The van der Waals surface area contributed by atoms with Gasteiger partial charge in [0.05, 0.1) is 5.57 Å². The Morgan fingerprint density at radius 3 is 2.75 bits per heavy atom. The van der Waals surface area contributed by atoms with Crippen LogP contribution in [0.3, 0.4) is 0 Å². The molecule has 0 radical (unpaired) electrons. The lowest BCUT2D eigenvalue weighted by atomic mass is 10.1. The standard InChI is InChI=1S/C15H18FN3O/c1-2-18-5-7-19(8-6-18)10-13-12-9-11(16)3-4-14(12)17-15(13)20/h3-4,9-10H,2,5-8H2,1H3,(H,17,20)/b13-10+. The maximum atomic E-state index is 13.4. The van der Waals surface area contributed by atoms with Crippen molar-refractivity contribution in [3.63, 3.8) is 0 Å². The number of hydrogen-bond acceptors (Lipinski definition) is 3. The molecular weight excluding hydrogens is 257 g/mol. The highest BCUT2D eigenvalue weighted by Crippen LogP contribution is 2.32. The Bertz CT molecular complexity index is 562. The maximum absolute atomic E-state index is 13.4. The minimum absolute atomic E-state index is 0.150. The number of rotatable bonds is 2. The highest BCUT2D eigenvalue weighted by Gasteiger charge is 2.26. The van der Waals surface area contributed by atoms with Crippen LogP contribution in [0.2, 0.25) is 0 Å². The van der Waals surface area contributed by atoms with Gasteiger partial charge in [0, 0.05) is 43.6 Å². The molecule has 3 rings (SSSR count). The molecule has 1 N–H and O–H groups in total. The molecule has 0 bridgehead atoms. The first-order valence-corrected chi connectivity index (χ1v) is 6.97. The number of benzene rings is 1. The van der Waals surface area contributed by atoms with E-state index in [-0.39, 0.29) is 11.7 Å². The third-order valence-corrected chi connectivity index (χ3v) is 3.93. The van der Waals surface area contributed by atoms with E-state index in [1.54, 1.807) is 6.07 Å². The average Bonchev–Trinajstić information content (AvgIpc) is 2.76. The molecule has 20 heavy (non-hydrogen) atoms. The highest BCUT2D eigenvalue weighted by atomic mass is 19.1. The van der Waals surface area contributed by atoms with Gasteiger partial charge in [-0.3, -0.25) is 4.79 Å². The normalized spacial score (nSPS) is 21.2. The first-order valence-electron chi connectivity index (χ1n) is 6.97. The molecule has 5 heteroatoms. The largest absolute Gasteiger partial charge is 0.374 e. The van der Waals surface area contributed by atoms with Gasteiger partial charge >= 0.3 is 0 Å².